The molecule has 0 amide bonds. The molecular weight excluding hydrogens is 224 g/mol. The van der Waals surface area contributed by atoms with Crippen molar-refractivity contribution in [2.75, 3.05) is 19.6 Å². The van der Waals surface area contributed by atoms with Gasteiger partial charge in [0, 0.05) is 31.4 Å². The summed E-state index contributed by atoms with van der Waals surface area (Å²) in [6, 6.07) is 1.02. The third-order valence-corrected chi connectivity index (χ3v) is 3.63. The lowest BCUT2D eigenvalue weighted by Crippen LogP contribution is -2.29. The Morgan fingerprint density at radius 3 is 2.67 bits per heavy atom. The zero-order chi connectivity index (χ0) is 13.0. The molecular formula is C14H26N4. The molecule has 1 unspecified atom stereocenters. The molecule has 1 atom stereocenters. The fourth-order valence-electron chi connectivity index (χ4n) is 2.60. The van der Waals surface area contributed by atoms with Crippen molar-refractivity contribution in [2.24, 2.45) is 0 Å². The molecule has 1 aromatic heterocycles. The molecule has 18 heavy (non-hydrogen) atoms. The standard InChI is InChI=1S/C14H26N4/c1-12(2)16-9-14-8-15-11-18(14)13(3)10-17-6-4-5-7-17/h8,11-13,16H,4-7,9-10H2,1-3H3. The van der Waals surface area contributed by atoms with Crippen molar-refractivity contribution in [3.05, 3.63) is 18.2 Å². The summed E-state index contributed by atoms with van der Waals surface area (Å²) in [4.78, 5) is 6.86. The van der Waals surface area contributed by atoms with Gasteiger partial charge >= 0.3 is 0 Å². The zero-order valence-electron chi connectivity index (χ0n) is 11.9. The Bertz CT molecular complexity index is 352. The molecule has 0 saturated carbocycles. The van der Waals surface area contributed by atoms with Crippen LogP contribution in [0.1, 0.15) is 45.3 Å². The van der Waals surface area contributed by atoms with Crippen LogP contribution in [-0.4, -0.2) is 40.1 Å². The van der Waals surface area contributed by atoms with E-state index in [1.807, 2.05) is 12.5 Å². The lowest BCUT2D eigenvalue weighted by Gasteiger charge is -2.23. The smallest absolute Gasteiger partial charge is 0.0951 e. The topological polar surface area (TPSA) is 33.1 Å². The van der Waals surface area contributed by atoms with Gasteiger partial charge in [0.15, 0.2) is 0 Å². The molecule has 0 aliphatic carbocycles. The first-order valence-corrected chi connectivity index (χ1v) is 7.13. The Hall–Kier alpha value is -0.870. The normalized spacial score (nSPS) is 18.7. The van der Waals surface area contributed by atoms with Crippen LogP contribution < -0.4 is 5.32 Å². The average molecular weight is 250 g/mol. The number of imidazole rings is 1. The fraction of sp³-hybridized carbons (Fsp3) is 0.786. The number of likely N-dealkylation sites (tertiary alicyclic amines) is 1. The summed E-state index contributed by atoms with van der Waals surface area (Å²) < 4.78 is 2.31. The van der Waals surface area contributed by atoms with Gasteiger partial charge in [-0.05, 0) is 32.9 Å². The summed E-state index contributed by atoms with van der Waals surface area (Å²) in [6.45, 7) is 11.2. The van der Waals surface area contributed by atoms with Gasteiger partial charge in [-0.15, -0.1) is 0 Å². The third kappa shape index (κ3) is 3.56. The van der Waals surface area contributed by atoms with Crippen molar-refractivity contribution in [1.29, 1.82) is 0 Å². The van der Waals surface area contributed by atoms with Crippen LogP contribution in [0, 0.1) is 0 Å². The second kappa shape index (κ2) is 6.34. The minimum Gasteiger partial charge on any atom is -0.329 e. The Balaban J connectivity index is 1.92. The Kier molecular flexibility index (Phi) is 4.78. The zero-order valence-corrected chi connectivity index (χ0v) is 11.9. The second-order valence-electron chi connectivity index (χ2n) is 5.68. The van der Waals surface area contributed by atoms with Crippen molar-refractivity contribution in [2.45, 2.75) is 52.2 Å². The molecule has 102 valence electrons. The van der Waals surface area contributed by atoms with Gasteiger partial charge in [-0.3, -0.25) is 0 Å². The second-order valence-corrected chi connectivity index (χ2v) is 5.68. The molecule has 1 N–H and O–H groups in total. The largest absolute Gasteiger partial charge is 0.329 e. The summed E-state index contributed by atoms with van der Waals surface area (Å²) in [5, 5.41) is 3.46. The molecule has 2 rings (SSSR count). The van der Waals surface area contributed by atoms with Crippen LogP contribution in [0.15, 0.2) is 12.5 Å². The number of nitrogens with zero attached hydrogens (tertiary/aromatic N) is 3. The van der Waals surface area contributed by atoms with Crippen LogP contribution in [-0.2, 0) is 6.54 Å². The van der Waals surface area contributed by atoms with Crippen LogP contribution in [0.25, 0.3) is 0 Å². The first-order chi connectivity index (χ1) is 8.66. The highest BCUT2D eigenvalue weighted by Gasteiger charge is 2.17. The van der Waals surface area contributed by atoms with Gasteiger partial charge in [0.2, 0.25) is 0 Å². The number of rotatable bonds is 6. The summed E-state index contributed by atoms with van der Waals surface area (Å²) >= 11 is 0. The van der Waals surface area contributed by atoms with Crippen LogP contribution in [0.3, 0.4) is 0 Å². The van der Waals surface area contributed by atoms with Crippen molar-refractivity contribution in [3.63, 3.8) is 0 Å². The third-order valence-electron chi connectivity index (χ3n) is 3.63. The lowest BCUT2D eigenvalue weighted by atomic mass is 10.3. The first-order valence-electron chi connectivity index (χ1n) is 7.13. The fourth-order valence-corrected chi connectivity index (χ4v) is 2.60. The highest BCUT2D eigenvalue weighted by Crippen LogP contribution is 2.15. The van der Waals surface area contributed by atoms with E-state index in [9.17, 15) is 0 Å². The molecule has 1 saturated heterocycles. The molecule has 0 bridgehead atoms. The summed E-state index contributed by atoms with van der Waals surface area (Å²) in [6.07, 6.45) is 6.67. The quantitative estimate of drug-likeness (QED) is 0.838. The Labute approximate surface area is 110 Å². The van der Waals surface area contributed by atoms with E-state index in [4.69, 9.17) is 0 Å². The number of hydrogen-bond donors (Lipinski definition) is 1. The number of hydrogen-bond acceptors (Lipinski definition) is 3. The minimum atomic E-state index is 0.509. The summed E-state index contributed by atoms with van der Waals surface area (Å²) in [5.41, 5.74) is 1.29. The maximum absolute atomic E-state index is 4.30. The highest BCUT2D eigenvalue weighted by atomic mass is 15.2. The van der Waals surface area contributed by atoms with Crippen molar-refractivity contribution >= 4 is 0 Å². The van der Waals surface area contributed by atoms with Crippen molar-refractivity contribution in [3.8, 4) is 0 Å². The van der Waals surface area contributed by atoms with E-state index in [0.717, 1.165) is 13.1 Å². The highest BCUT2D eigenvalue weighted by molar-refractivity contribution is 5.00. The van der Waals surface area contributed by atoms with Crippen LogP contribution in [0.4, 0.5) is 0 Å². The number of aromatic nitrogens is 2. The van der Waals surface area contributed by atoms with Gasteiger partial charge in [0.1, 0.15) is 0 Å². The molecule has 0 aromatic carbocycles. The molecule has 4 nitrogen and oxygen atoms in total. The van der Waals surface area contributed by atoms with E-state index < -0.39 is 0 Å². The SMILES string of the molecule is CC(C)NCc1cncn1C(C)CN1CCCC1. The van der Waals surface area contributed by atoms with Crippen molar-refractivity contribution in [1.82, 2.24) is 19.8 Å². The van der Waals surface area contributed by atoms with E-state index in [2.05, 4.69) is 40.5 Å². The maximum Gasteiger partial charge on any atom is 0.0951 e. The molecule has 1 fully saturated rings. The lowest BCUT2D eigenvalue weighted by molar-refractivity contribution is 0.284. The van der Waals surface area contributed by atoms with E-state index in [1.165, 1.54) is 31.6 Å². The van der Waals surface area contributed by atoms with Gasteiger partial charge in [0.05, 0.1) is 12.0 Å². The Morgan fingerprint density at radius 1 is 1.28 bits per heavy atom. The maximum atomic E-state index is 4.30. The summed E-state index contributed by atoms with van der Waals surface area (Å²) in [5.74, 6) is 0. The predicted octanol–water partition coefficient (Wildman–Crippen LogP) is 2.04. The van der Waals surface area contributed by atoms with Gasteiger partial charge in [0.25, 0.3) is 0 Å². The predicted molar refractivity (Wildman–Crippen MR) is 74.6 cm³/mol. The summed E-state index contributed by atoms with van der Waals surface area (Å²) in [7, 11) is 0. The van der Waals surface area contributed by atoms with Gasteiger partial charge in [-0.2, -0.15) is 0 Å². The van der Waals surface area contributed by atoms with Crippen LogP contribution >= 0.6 is 0 Å². The van der Waals surface area contributed by atoms with E-state index in [1.54, 1.807) is 0 Å². The molecule has 0 spiro atoms. The first kappa shape index (κ1) is 13.6. The molecule has 1 aliphatic heterocycles. The Morgan fingerprint density at radius 2 is 2.00 bits per heavy atom. The van der Waals surface area contributed by atoms with Gasteiger partial charge in [-0.25, -0.2) is 4.98 Å². The van der Waals surface area contributed by atoms with E-state index in [-0.39, 0.29) is 0 Å². The molecule has 0 radical (unpaired) electrons. The van der Waals surface area contributed by atoms with Crippen molar-refractivity contribution < 1.29 is 0 Å². The average Bonchev–Trinajstić information content (AvgIpc) is 2.96. The monoisotopic (exact) mass is 250 g/mol. The van der Waals surface area contributed by atoms with E-state index >= 15 is 0 Å². The molecule has 2 heterocycles. The van der Waals surface area contributed by atoms with Gasteiger partial charge in [-0.1, -0.05) is 13.8 Å². The van der Waals surface area contributed by atoms with Crippen LogP contribution in [0.2, 0.25) is 0 Å². The minimum absolute atomic E-state index is 0.509. The molecule has 4 heteroatoms. The van der Waals surface area contributed by atoms with Crippen LogP contribution in [0.5, 0.6) is 0 Å². The van der Waals surface area contributed by atoms with Gasteiger partial charge < -0.3 is 14.8 Å². The molecule has 1 aliphatic rings. The number of nitrogens with one attached hydrogen (secondary N) is 1. The van der Waals surface area contributed by atoms with E-state index in [0.29, 0.717) is 12.1 Å². The molecule has 1 aromatic rings.